The SMILES string of the molecule is CC(C)(CC(F)(F)F)NC(=O)N[C@](Cc1ccccc1)(c1ccc(F)cc1)c1cc(F)cc(OC(F)(F)C(F)F)c1. The van der Waals surface area contributed by atoms with Crippen molar-refractivity contribution in [3.63, 3.8) is 0 Å². The lowest BCUT2D eigenvalue weighted by Gasteiger charge is -2.38. The van der Waals surface area contributed by atoms with Crippen LogP contribution in [-0.2, 0) is 12.0 Å². The molecule has 3 aromatic carbocycles. The summed E-state index contributed by atoms with van der Waals surface area (Å²) in [5, 5.41) is 4.71. The van der Waals surface area contributed by atoms with E-state index < -0.39 is 59.6 Å². The van der Waals surface area contributed by atoms with Gasteiger partial charge in [-0.1, -0.05) is 42.5 Å². The first-order chi connectivity index (χ1) is 18.9. The Morgan fingerprint density at radius 2 is 1.41 bits per heavy atom. The van der Waals surface area contributed by atoms with Crippen molar-refractivity contribution in [3.05, 3.63) is 101 Å². The Bertz CT molecular complexity index is 1330. The van der Waals surface area contributed by atoms with Crippen molar-refractivity contribution in [2.45, 2.75) is 56.5 Å². The second kappa shape index (κ2) is 11.9. The zero-order chi connectivity index (χ0) is 30.6. The number of halogens is 9. The first kappa shape index (κ1) is 31.6. The van der Waals surface area contributed by atoms with Crippen molar-refractivity contribution in [2.75, 3.05) is 0 Å². The zero-order valence-electron chi connectivity index (χ0n) is 21.6. The molecule has 0 spiro atoms. The van der Waals surface area contributed by atoms with Gasteiger partial charge in [-0.2, -0.15) is 30.7 Å². The summed E-state index contributed by atoms with van der Waals surface area (Å²) in [6.45, 7) is 2.22. The molecule has 41 heavy (non-hydrogen) atoms. The number of urea groups is 1. The number of amides is 2. The summed E-state index contributed by atoms with van der Waals surface area (Å²) in [5.74, 6) is -2.95. The number of nitrogens with one attached hydrogen (secondary N) is 2. The third kappa shape index (κ3) is 8.54. The molecule has 3 rings (SSSR count). The van der Waals surface area contributed by atoms with Crippen molar-refractivity contribution in [1.29, 1.82) is 0 Å². The highest BCUT2D eigenvalue weighted by Crippen LogP contribution is 2.38. The van der Waals surface area contributed by atoms with E-state index in [0.29, 0.717) is 11.6 Å². The van der Waals surface area contributed by atoms with Crippen LogP contribution >= 0.6 is 0 Å². The fourth-order valence-corrected chi connectivity index (χ4v) is 4.34. The van der Waals surface area contributed by atoms with Crippen LogP contribution < -0.4 is 15.4 Å². The molecule has 0 fully saturated rings. The van der Waals surface area contributed by atoms with Gasteiger partial charge in [-0.15, -0.1) is 0 Å². The van der Waals surface area contributed by atoms with Crippen LogP contribution in [0.15, 0.2) is 72.8 Å². The Kier molecular flexibility index (Phi) is 9.19. The number of ether oxygens (including phenoxy) is 1. The summed E-state index contributed by atoms with van der Waals surface area (Å²) in [7, 11) is 0. The Hall–Kier alpha value is -3.90. The predicted molar refractivity (Wildman–Crippen MR) is 132 cm³/mol. The van der Waals surface area contributed by atoms with E-state index in [1.54, 1.807) is 30.3 Å². The first-order valence-corrected chi connectivity index (χ1v) is 12.0. The number of carbonyl (C=O) groups excluding carboxylic acids is 1. The van der Waals surface area contributed by atoms with Crippen LogP contribution in [-0.4, -0.2) is 30.3 Å². The Morgan fingerprint density at radius 3 is 1.98 bits per heavy atom. The van der Waals surface area contributed by atoms with Gasteiger partial charge in [0.15, 0.2) is 0 Å². The molecule has 222 valence electrons. The monoisotopic (exact) mass is 592 g/mol. The van der Waals surface area contributed by atoms with Crippen molar-refractivity contribution >= 4 is 6.03 Å². The average Bonchev–Trinajstić information content (AvgIpc) is 2.82. The van der Waals surface area contributed by atoms with Gasteiger partial charge >= 0.3 is 24.7 Å². The van der Waals surface area contributed by atoms with Gasteiger partial charge in [-0.05, 0) is 54.8 Å². The molecule has 0 unspecified atom stereocenters. The largest absolute Gasteiger partial charge is 0.461 e. The molecule has 0 bridgehead atoms. The molecule has 4 nitrogen and oxygen atoms in total. The van der Waals surface area contributed by atoms with Crippen LogP contribution in [0, 0.1) is 11.6 Å². The molecule has 1 atom stereocenters. The van der Waals surface area contributed by atoms with Crippen molar-refractivity contribution in [3.8, 4) is 5.75 Å². The number of benzene rings is 3. The molecule has 2 N–H and O–H groups in total. The highest BCUT2D eigenvalue weighted by molar-refractivity contribution is 5.77. The molecule has 0 aliphatic rings. The molecular formula is C28H25F9N2O2. The fraction of sp³-hybridized carbons (Fsp3) is 0.321. The van der Waals surface area contributed by atoms with Crippen LogP contribution in [0.2, 0.25) is 0 Å². The normalized spacial score (nSPS) is 14.0. The minimum Gasteiger partial charge on any atom is -0.428 e. The van der Waals surface area contributed by atoms with Gasteiger partial charge in [0.25, 0.3) is 0 Å². The van der Waals surface area contributed by atoms with Crippen molar-refractivity contribution < 1.29 is 49.0 Å². The molecule has 0 aliphatic heterocycles. The van der Waals surface area contributed by atoms with E-state index in [-0.39, 0.29) is 17.5 Å². The lowest BCUT2D eigenvalue weighted by atomic mass is 9.77. The topological polar surface area (TPSA) is 50.4 Å². The number of alkyl halides is 7. The molecule has 0 aliphatic carbocycles. The standard InChI is InChI=1S/C28H25F9N2O2/c1-25(2,16-27(33,34)35)38-24(40)39-26(15-17-6-4-3-5-7-17,18-8-10-20(29)11-9-18)19-12-21(30)14-22(13-19)41-28(36,37)23(31)32/h3-14,23H,15-16H2,1-2H3,(H2,38,39,40)/t26-/m1/s1. The van der Waals surface area contributed by atoms with Gasteiger partial charge in [-0.3, -0.25) is 0 Å². The highest BCUT2D eigenvalue weighted by atomic mass is 19.4. The van der Waals surface area contributed by atoms with Crippen LogP contribution in [0.4, 0.5) is 44.3 Å². The van der Waals surface area contributed by atoms with E-state index in [4.69, 9.17) is 0 Å². The third-order valence-electron chi connectivity index (χ3n) is 5.94. The van der Waals surface area contributed by atoms with Gasteiger partial charge in [-0.25, -0.2) is 13.6 Å². The smallest absolute Gasteiger partial charge is 0.428 e. The molecule has 2 amide bonds. The minimum absolute atomic E-state index is 0.0590. The van der Waals surface area contributed by atoms with Gasteiger partial charge in [0.1, 0.15) is 17.4 Å². The van der Waals surface area contributed by atoms with E-state index in [9.17, 15) is 44.3 Å². The van der Waals surface area contributed by atoms with Gasteiger partial charge in [0, 0.05) is 18.0 Å². The van der Waals surface area contributed by atoms with Crippen molar-refractivity contribution in [2.24, 2.45) is 0 Å². The fourth-order valence-electron chi connectivity index (χ4n) is 4.34. The van der Waals surface area contributed by atoms with E-state index in [1.165, 1.54) is 12.1 Å². The molecule has 0 saturated carbocycles. The number of hydrogen-bond donors (Lipinski definition) is 2. The van der Waals surface area contributed by atoms with Crippen molar-refractivity contribution in [1.82, 2.24) is 10.6 Å². The van der Waals surface area contributed by atoms with Gasteiger partial charge in [0.2, 0.25) is 0 Å². The second-order valence-corrected chi connectivity index (χ2v) is 9.97. The summed E-state index contributed by atoms with van der Waals surface area (Å²) < 4.78 is 125. The van der Waals surface area contributed by atoms with Crippen LogP contribution in [0.1, 0.15) is 37.0 Å². The van der Waals surface area contributed by atoms with E-state index >= 15 is 0 Å². The van der Waals surface area contributed by atoms with Crippen LogP contribution in [0.5, 0.6) is 5.75 Å². The number of hydrogen-bond acceptors (Lipinski definition) is 2. The zero-order valence-corrected chi connectivity index (χ0v) is 21.6. The summed E-state index contributed by atoms with van der Waals surface area (Å²) in [6.07, 6.45) is -15.6. The first-order valence-electron chi connectivity index (χ1n) is 12.0. The average molecular weight is 593 g/mol. The summed E-state index contributed by atoms with van der Waals surface area (Å²) in [6, 6.07) is 13.3. The number of rotatable bonds is 10. The minimum atomic E-state index is -5.00. The quantitative estimate of drug-likeness (QED) is 0.237. The lowest BCUT2D eigenvalue weighted by molar-refractivity contribution is -0.253. The van der Waals surface area contributed by atoms with Crippen LogP contribution in [0.3, 0.4) is 0 Å². The highest BCUT2D eigenvalue weighted by Gasteiger charge is 2.45. The second-order valence-electron chi connectivity index (χ2n) is 9.97. The Labute approximate surface area is 229 Å². The van der Waals surface area contributed by atoms with E-state index in [0.717, 1.165) is 38.1 Å². The predicted octanol–water partition coefficient (Wildman–Crippen LogP) is 7.72. The van der Waals surface area contributed by atoms with E-state index in [2.05, 4.69) is 15.4 Å². The summed E-state index contributed by atoms with van der Waals surface area (Å²) in [5.41, 5.74) is -3.58. The van der Waals surface area contributed by atoms with Gasteiger partial charge < -0.3 is 15.4 Å². The molecule has 3 aromatic rings. The maximum Gasteiger partial charge on any atom is 0.461 e. The molecule has 0 radical (unpaired) electrons. The van der Waals surface area contributed by atoms with Crippen LogP contribution in [0.25, 0.3) is 0 Å². The Morgan fingerprint density at radius 1 is 0.805 bits per heavy atom. The molecule has 0 saturated heterocycles. The molecule has 0 heterocycles. The Balaban J connectivity index is 2.22. The maximum absolute atomic E-state index is 14.8. The van der Waals surface area contributed by atoms with E-state index in [1.807, 2.05) is 0 Å². The summed E-state index contributed by atoms with van der Waals surface area (Å²) >= 11 is 0. The number of carbonyl (C=O) groups is 1. The summed E-state index contributed by atoms with van der Waals surface area (Å²) in [4.78, 5) is 13.2. The molecule has 0 aromatic heterocycles. The van der Waals surface area contributed by atoms with Gasteiger partial charge in [0.05, 0.1) is 12.0 Å². The molecular weight excluding hydrogens is 567 g/mol. The lowest BCUT2D eigenvalue weighted by Crippen LogP contribution is -2.57. The third-order valence-corrected chi connectivity index (χ3v) is 5.94. The maximum atomic E-state index is 14.8. The molecule has 13 heteroatoms.